The molecule has 0 aliphatic carbocycles. The Morgan fingerprint density at radius 3 is 2.58 bits per heavy atom. The van der Waals surface area contributed by atoms with E-state index in [1.807, 2.05) is 27.2 Å². The number of nitrogen functional groups attached to an aromatic ring is 1. The van der Waals surface area contributed by atoms with Crippen molar-refractivity contribution in [3.8, 4) is 16.9 Å². The second-order valence-corrected chi connectivity index (χ2v) is 4.84. The van der Waals surface area contributed by atoms with Gasteiger partial charge in [0.05, 0.1) is 13.3 Å². The number of ether oxygens (including phenoxy) is 1. The van der Waals surface area contributed by atoms with Gasteiger partial charge in [-0.15, -0.1) is 0 Å². The molecule has 19 heavy (non-hydrogen) atoms. The third-order valence-corrected chi connectivity index (χ3v) is 3.04. The normalized spacial score (nSPS) is 11.0. The Labute approximate surface area is 113 Å². The number of nitrogens with zero attached hydrogens (tertiary/aromatic N) is 3. The molecule has 0 spiro atoms. The van der Waals surface area contributed by atoms with E-state index in [0.29, 0.717) is 5.82 Å². The Hall–Kier alpha value is -2.01. The summed E-state index contributed by atoms with van der Waals surface area (Å²) in [7, 11) is 7.58. The quantitative estimate of drug-likeness (QED) is 0.909. The summed E-state index contributed by atoms with van der Waals surface area (Å²) in [6, 6.07) is 6.14. The van der Waals surface area contributed by atoms with E-state index < -0.39 is 0 Å². The smallest absolute Gasteiger partial charge is 0.129 e. The molecule has 1 aromatic carbocycles. The molecule has 102 valence electrons. The summed E-state index contributed by atoms with van der Waals surface area (Å²) in [4.78, 5) is 2.12. The molecule has 5 heteroatoms. The molecule has 0 aliphatic heterocycles. The van der Waals surface area contributed by atoms with E-state index in [9.17, 15) is 0 Å². The molecule has 5 nitrogen and oxygen atoms in total. The first-order valence-electron chi connectivity index (χ1n) is 6.12. The highest BCUT2D eigenvalue weighted by molar-refractivity contribution is 5.78. The zero-order valence-electron chi connectivity index (χ0n) is 11.8. The number of hydrogen-bond acceptors (Lipinski definition) is 4. The number of anilines is 1. The lowest BCUT2D eigenvalue weighted by molar-refractivity contribution is 0.400. The molecule has 0 amide bonds. The largest absolute Gasteiger partial charge is 0.496 e. The van der Waals surface area contributed by atoms with E-state index >= 15 is 0 Å². The second-order valence-electron chi connectivity index (χ2n) is 4.84. The minimum atomic E-state index is 0.639. The lowest BCUT2D eigenvalue weighted by Gasteiger charge is -2.13. The van der Waals surface area contributed by atoms with Gasteiger partial charge in [0.2, 0.25) is 0 Å². The van der Waals surface area contributed by atoms with Crippen LogP contribution >= 0.6 is 0 Å². The van der Waals surface area contributed by atoms with Crippen LogP contribution in [0.4, 0.5) is 5.82 Å². The van der Waals surface area contributed by atoms with Crippen LogP contribution in [0, 0.1) is 0 Å². The third-order valence-electron chi connectivity index (χ3n) is 3.04. The Kier molecular flexibility index (Phi) is 3.76. The molecule has 1 heterocycles. The van der Waals surface area contributed by atoms with Crippen molar-refractivity contribution < 1.29 is 4.74 Å². The lowest BCUT2D eigenvalue weighted by Crippen LogP contribution is -2.10. The molecule has 2 aromatic rings. The Balaban J connectivity index is 2.50. The fourth-order valence-corrected chi connectivity index (χ4v) is 2.08. The van der Waals surface area contributed by atoms with Gasteiger partial charge in [-0.25, -0.2) is 0 Å². The van der Waals surface area contributed by atoms with Crippen molar-refractivity contribution in [3.05, 3.63) is 30.0 Å². The van der Waals surface area contributed by atoms with Gasteiger partial charge >= 0.3 is 0 Å². The van der Waals surface area contributed by atoms with Crippen LogP contribution in [0.5, 0.6) is 5.75 Å². The molecule has 0 fully saturated rings. The number of benzene rings is 1. The molecule has 2 rings (SSSR count). The lowest BCUT2D eigenvalue weighted by atomic mass is 10.0. The van der Waals surface area contributed by atoms with Gasteiger partial charge in [0, 0.05) is 24.7 Å². The summed E-state index contributed by atoms with van der Waals surface area (Å²) in [5, 5.41) is 4.18. The molecular formula is C14H20N4O. The second kappa shape index (κ2) is 5.32. The van der Waals surface area contributed by atoms with Crippen LogP contribution in [0.2, 0.25) is 0 Å². The Morgan fingerprint density at radius 1 is 1.32 bits per heavy atom. The summed E-state index contributed by atoms with van der Waals surface area (Å²) >= 11 is 0. The monoisotopic (exact) mass is 260 g/mol. The molecule has 0 radical (unpaired) electrons. The highest BCUT2D eigenvalue weighted by Crippen LogP contribution is 2.34. The van der Waals surface area contributed by atoms with Gasteiger partial charge in [0.1, 0.15) is 11.6 Å². The van der Waals surface area contributed by atoms with Crippen LogP contribution in [0.25, 0.3) is 11.1 Å². The van der Waals surface area contributed by atoms with Crippen molar-refractivity contribution in [1.82, 2.24) is 14.7 Å². The molecule has 0 atom stereocenters. The summed E-state index contributed by atoms with van der Waals surface area (Å²) in [6.07, 6.45) is 1.77. The minimum Gasteiger partial charge on any atom is -0.496 e. The van der Waals surface area contributed by atoms with E-state index in [1.165, 1.54) is 5.56 Å². The van der Waals surface area contributed by atoms with Crippen molar-refractivity contribution >= 4 is 5.82 Å². The van der Waals surface area contributed by atoms with Gasteiger partial charge in [0.15, 0.2) is 0 Å². The van der Waals surface area contributed by atoms with Crippen LogP contribution < -0.4 is 10.5 Å². The maximum Gasteiger partial charge on any atom is 0.129 e. The number of aromatic nitrogens is 2. The molecule has 0 bridgehead atoms. The number of rotatable bonds is 4. The number of nitrogens with two attached hydrogens (primary N) is 1. The standard InChI is InChI=1S/C14H20N4O/c1-17(2)9-10-5-6-13(19-4)11(7-10)12-8-16-18(3)14(12)15/h5-8H,9,15H2,1-4H3. The molecule has 0 aliphatic rings. The van der Waals surface area contributed by atoms with Crippen molar-refractivity contribution in [2.75, 3.05) is 26.9 Å². The van der Waals surface area contributed by atoms with E-state index in [2.05, 4.69) is 22.1 Å². The fraction of sp³-hybridized carbons (Fsp3) is 0.357. The van der Waals surface area contributed by atoms with Gasteiger partial charge in [-0.2, -0.15) is 5.10 Å². The average Bonchev–Trinajstić information content (AvgIpc) is 2.69. The van der Waals surface area contributed by atoms with Crippen LogP contribution in [-0.2, 0) is 13.6 Å². The van der Waals surface area contributed by atoms with Gasteiger partial charge in [-0.3, -0.25) is 4.68 Å². The predicted octanol–water partition coefficient (Wildman–Crippen LogP) is 1.74. The summed E-state index contributed by atoms with van der Waals surface area (Å²) in [6.45, 7) is 0.872. The molecule has 0 saturated carbocycles. The summed E-state index contributed by atoms with van der Waals surface area (Å²) < 4.78 is 7.08. The van der Waals surface area contributed by atoms with Crippen molar-refractivity contribution in [2.24, 2.45) is 7.05 Å². The fourth-order valence-electron chi connectivity index (χ4n) is 2.08. The number of aryl methyl sites for hydroxylation is 1. The molecule has 2 N–H and O–H groups in total. The van der Waals surface area contributed by atoms with Gasteiger partial charge in [-0.1, -0.05) is 6.07 Å². The number of hydrogen-bond donors (Lipinski definition) is 1. The van der Waals surface area contributed by atoms with Crippen molar-refractivity contribution in [3.63, 3.8) is 0 Å². The Bertz CT molecular complexity index is 575. The first-order valence-corrected chi connectivity index (χ1v) is 6.12. The van der Waals surface area contributed by atoms with Crippen molar-refractivity contribution in [1.29, 1.82) is 0 Å². The maximum atomic E-state index is 6.04. The van der Waals surface area contributed by atoms with E-state index in [-0.39, 0.29) is 0 Å². The summed E-state index contributed by atoms with van der Waals surface area (Å²) in [5.41, 5.74) is 9.14. The molecule has 1 aromatic heterocycles. The first kappa shape index (κ1) is 13.4. The van der Waals surface area contributed by atoms with Crippen LogP contribution in [-0.4, -0.2) is 35.9 Å². The SMILES string of the molecule is COc1ccc(CN(C)C)cc1-c1cnn(C)c1N. The van der Waals surface area contributed by atoms with Crippen LogP contribution in [0.1, 0.15) is 5.56 Å². The van der Waals surface area contributed by atoms with Crippen LogP contribution in [0.15, 0.2) is 24.4 Å². The van der Waals surface area contributed by atoms with Gasteiger partial charge in [0.25, 0.3) is 0 Å². The zero-order chi connectivity index (χ0) is 14.0. The van der Waals surface area contributed by atoms with Gasteiger partial charge < -0.3 is 15.4 Å². The third kappa shape index (κ3) is 2.71. The van der Waals surface area contributed by atoms with Gasteiger partial charge in [-0.05, 0) is 31.8 Å². The highest BCUT2D eigenvalue weighted by atomic mass is 16.5. The predicted molar refractivity (Wildman–Crippen MR) is 77.0 cm³/mol. The van der Waals surface area contributed by atoms with E-state index in [0.717, 1.165) is 23.4 Å². The maximum absolute atomic E-state index is 6.04. The first-order chi connectivity index (χ1) is 9.02. The van der Waals surface area contributed by atoms with E-state index in [1.54, 1.807) is 18.0 Å². The zero-order valence-corrected chi connectivity index (χ0v) is 11.8. The summed E-state index contributed by atoms with van der Waals surface area (Å²) in [5.74, 6) is 1.45. The van der Waals surface area contributed by atoms with E-state index in [4.69, 9.17) is 10.5 Å². The molecule has 0 unspecified atom stereocenters. The highest BCUT2D eigenvalue weighted by Gasteiger charge is 2.13. The number of methoxy groups -OCH3 is 1. The Morgan fingerprint density at radius 2 is 2.05 bits per heavy atom. The minimum absolute atomic E-state index is 0.639. The molecular weight excluding hydrogens is 240 g/mol. The molecule has 0 saturated heterocycles. The van der Waals surface area contributed by atoms with Crippen molar-refractivity contribution in [2.45, 2.75) is 6.54 Å². The topological polar surface area (TPSA) is 56.3 Å². The average molecular weight is 260 g/mol. The van der Waals surface area contributed by atoms with Crippen LogP contribution in [0.3, 0.4) is 0 Å².